The lowest BCUT2D eigenvalue weighted by atomic mass is 10.2. The molecule has 0 aliphatic rings. The molecule has 2 aromatic rings. The molecular formula is C11H10FN5O. The Kier molecular flexibility index (Phi) is 3.44. The van der Waals surface area contributed by atoms with Crippen molar-refractivity contribution in [3.8, 4) is 0 Å². The van der Waals surface area contributed by atoms with E-state index in [1.807, 2.05) is 0 Å². The van der Waals surface area contributed by atoms with Crippen LogP contribution in [0.1, 0.15) is 10.4 Å². The Bertz CT molecular complexity index is 558. The number of pyridine rings is 2. The molecule has 0 saturated carbocycles. The van der Waals surface area contributed by atoms with Gasteiger partial charge in [0.1, 0.15) is 11.6 Å². The molecule has 2 rings (SSSR count). The van der Waals surface area contributed by atoms with Crippen molar-refractivity contribution in [1.29, 1.82) is 0 Å². The van der Waals surface area contributed by atoms with Gasteiger partial charge in [0, 0.05) is 12.4 Å². The number of carbonyl (C=O) groups is 1. The molecule has 0 atom stereocenters. The normalized spacial score (nSPS) is 9.89. The Labute approximate surface area is 102 Å². The van der Waals surface area contributed by atoms with Crippen LogP contribution >= 0.6 is 0 Å². The van der Waals surface area contributed by atoms with Gasteiger partial charge in [-0.05, 0) is 18.2 Å². The van der Waals surface area contributed by atoms with E-state index in [0.717, 1.165) is 6.20 Å². The molecule has 0 aliphatic carbocycles. The zero-order chi connectivity index (χ0) is 13.0. The van der Waals surface area contributed by atoms with Gasteiger partial charge in [-0.1, -0.05) is 0 Å². The van der Waals surface area contributed by atoms with Crippen LogP contribution in [0.2, 0.25) is 0 Å². The first-order chi connectivity index (χ1) is 8.70. The van der Waals surface area contributed by atoms with Crippen LogP contribution in [0.15, 0.2) is 36.8 Å². The Hall–Kier alpha value is -2.54. The number of hydrogen-bond donors (Lipinski definition) is 3. The van der Waals surface area contributed by atoms with E-state index in [0.29, 0.717) is 5.69 Å². The number of rotatable bonds is 3. The molecule has 18 heavy (non-hydrogen) atoms. The molecule has 7 heteroatoms. The zero-order valence-corrected chi connectivity index (χ0v) is 9.22. The molecule has 92 valence electrons. The van der Waals surface area contributed by atoms with Crippen LogP contribution in [0.4, 0.5) is 15.9 Å². The van der Waals surface area contributed by atoms with Crippen LogP contribution in [0.5, 0.6) is 0 Å². The second-order valence-electron chi connectivity index (χ2n) is 3.38. The summed E-state index contributed by atoms with van der Waals surface area (Å²) in [6, 6.07) is 4.13. The fraction of sp³-hybridized carbons (Fsp3) is 0. The average molecular weight is 247 g/mol. The molecule has 0 fully saturated rings. The van der Waals surface area contributed by atoms with Gasteiger partial charge < -0.3 is 10.7 Å². The van der Waals surface area contributed by atoms with E-state index in [9.17, 15) is 9.18 Å². The predicted octanol–water partition coefficient (Wildman–Crippen LogP) is 1.15. The number of nitrogen functional groups attached to an aromatic ring is 1. The molecule has 0 bridgehead atoms. The van der Waals surface area contributed by atoms with Gasteiger partial charge in [-0.2, -0.15) is 0 Å². The summed E-state index contributed by atoms with van der Waals surface area (Å²) in [7, 11) is 0. The summed E-state index contributed by atoms with van der Waals surface area (Å²) in [6.07, 6.45) is 3.89. The average Bonchev–Trinajstić information content (AvgIpc) is 2.41. The van der Waals surface area contributed by atoms with Crippen molar-refractivity contribution in [3.63, 3.8) is 0 Å². The number of nitrogens with zero attached hydrogens (tertiary/aromatic N) is 2. The number of aromatic nitrogens is 2. The van der Waals surface area contributed by atoms with Crippen LogP contribution in [0.3, 0.4) is 0 Å². The van der Waals surface area contributed by atoms with Crippen LogP contribution in [-0.2, 0) is 0 Å². The maximum absolute atomic E-state index is 12.7. The number of hydrogen-bond acceptors (Lipinski definition) is 5. The van der Waals surface area contributed by atoms with Gasteiger partial charge in [0.2, 0.25) is 0 Å². The smallest absolute Gasteiger partial charge is 0.260 e. The molecule has 4 N–H and O–H groups in total. The van der Waals surface area contributed by atoms with Crippen LogP contribution < -0.4 is 16.6 Å². The fourth-order valence-electron chi connectivity index (χ4n) is 1.33. The van der Waals surface area contributed by atoms with Gasteiger partial charge in [-0.25, -0.2) is 9.37 Å². The van der Waals surface area contributed by atoms with Gasteiger partial charge in [0.15, 0.2) is 0 Å². The standard InChI is InChI=1S/C11H10FN5O/c12-7-1-2-10(15-5-7)16-11(18)8-6-14-4-3-9(8)17-13/h1-6H,13H2,(H,14,17)(H,15,16,18). The van der Waals surface area contributed by atoms with E-state index in [4.69, 9.17) is 5.84 Å². The molecule has 6 nitrogen and oxygen atoms in total. The monoisotopic (exact) mass is 247 g/mol. The number of nitrogens with one attached hydrogen (secondary N) is 2. The Balaban J connectivity index is 2.19. The van der Waals surface area contributed by atoms with Gasteiger partial charge in [-0.3, -0.25) is 15.6 Å². The summed E-state index contributed by atoms with van der Waals surface area (Å²) in [4.78, 5) is 19.5. The molecule has 2 aromatic heterocycles. The quantitative estimate of drug-likeness (QED) is 0.559. The van der Waals surface area contributed by atoms with Gasteiger partial charge in [-0.15, -0.1) is 0 Å². The van der Waals surface area contributed by atoms with Crippen molar-refractivity contribution in [1.82, 2.24) is 9.97 Å². The summed E-state index contributed by atoms with van der Waals surface area (Å²) in [5.74, 6) is 4.61. The third-order valence-corrected chi connectivity index (χ3v) is 2.19. The van der Waals surface area contributed by atoms with Gasteiger partial charge in [0.25, 0.3) is 5.91 Å². The van der Waals surface area contributed by atoms with E-state index in [1.54, 1.807) is 6.07 Å². The van der Waals surface area contributed by atoms with Crippen molar-refractivity contribution >= 4 is 17.4 Å². The van der Waals surface area contributed by atoms with Crippen LogP contribution in [0.25, 0.3) is 0 Å². The predicted molar refractivity (Wildman–Crippen MR) is 64.2 cm³/mol. The Morgan fingerprint density at radius 3 is 2.78 bits per heavy atom. The zero-order valence-electron chi connectivity index (χ0n) is 9.22. The number of hydrazine groups is 1. The Morgan fingerprint density at radius 1 is 1.28 bits per heavy atom. The number of carbonyl (C=O) groups excluding carboxylic acids is 1. The lowest BCUT2D eigenvalue weighted by Crippen LogP contribution is -2.18. The van der Waals surface area contributed by atoms with Gasteiger partial charge in [0.05, 0.1) is 17.4 Å². The lowest BCUT2D eigenvalue weighted by molar-refractivity contribution is 0.102. The van der Waals surface area contributed by atoms with E-state index in [-0.39, 0.29) is 11.4 Å². The molecule has 1 amide bonds. The van der Waals surface area contributed by atoms with Crippen molar-refractivity contribution in [2.75, 3.05) is 10.7 Å². The van der Waals surface area contributed by atoms with Crippen molar-refractivity contribution in [2.45, 2.75) is 0 Å². The second-order valence-corrected chi connectivity index (χ2v) is 3.38. The summed E-state index contributed by atoms with van der Waals surface area (Å²) in [5.41, 5.74) is 3.09. The first kappa shape index (κ1) is 11.9. The van der Waals surface area contributed by atoms with E-state index in [1.165, 1.54) is 24.5 Å². The minimum atomic E-state index is -0.473. The minimum absolute atomic E-state index is 0.244. The largest absolute Gasteiger partial charge is 0.323 e. The van der Waals surface area contributed by atoms with E-state index >= 15 is 0 Å². The highest BCUT2D eigenvalue weighted by atomic mass is 19.1. The number of nitrogens with two attached hydrogens (primary N) is 1. The molecule has 0 aliphatic heterocycles. The van der Waals surface area contributed by atoms with E-state index < -0.39 is 11.7 Å². The van der Waals surface area contributed by atoms with Gasteiger partial charge >= 0.3 is 0 Å². The summed E-state index contributed by atoms with van der Waals surface area (Å²) in [6.45, 7) is 0. The van der Waals surface area contributed by atoms with Crippen molar-refractivity contribution in [2.24, 2.45) is 5.84 Å². The first-order valence-corrected chi connectivity index (χ1v) is 5.04. The number of amides is 1. The maximum atomic E-state index is 12.7. The summed E-state index contributed by atoms with van der Waals surface area (Å²) in [5, 5.41) is 2.51. The Morgan fingerprint density at radius 2 is 2.11 bits per heavy atom. The molecule has 0 saturated heterocycles. The highest BCUT2D eigenvalue weighted by Crippen LogP contribution is 2.14. The molecular weight excluding hydrogens is 237 g/mol. The molecule has 0 radical (unpaired) electrons. The summed E-state index contributed by atoms with van der Waals surface area (Å²) >= 11 is 0. The third-order valence-electron chi connectivity index (χ3n) is 2.19. The highest BCUT2D eigenvalue weighted by Gasteiger charge is 2.11. The van der Waals surface area contributed by atoms with Crippen molar-refractivity contribution in [3.05, 3.63) is 48.2 Å². The first-order valence-electron chi connectivity index (χ1n) is 5.04. The fourth-order valence-corrected chi connectivity index (χ4v) is 1.33. The topological polar surface area (TPSA) is 92.9 Å². The molecule has 0 spiro atoms. The van der Waals surface area contributed by atoms with Crippen LogP contribution in [-0.4, -0.2) is 15.9 Å². The third kappa shape index (κ3) is 2.58. The SMILES string of the molecule is NNc1ccncc1C(=O)Nc1ccc(F)cn1. The highest BCUT2D eigenvalue weighted by molar-refractivity contribution is 6.07. The maximum Gasteiger partial charge on any atom is 0.260 e. The van der Waals surface area contributed by atoms with Crippen LogP contribution in [0, 0.1) is 5.82 Å². The minimum Gasteiger partial charge on any atom is -0.323 e. The van der Waals surface area contributed by atoms with Crippen molar-refractivity contribution < 1.29 is 9.18 Å². The molecule has 2 heterocycles. The molecule has 0 unspecified atom stereocenters. The lowest BCUT2D eigenvalue weighted by Gasteiger charge is -2.08. The molecule has 0 aromatic carbocycles. The number of halogens is 1. The number of anilines is 2. The van der Waals surface area contributed by atoms with E-state index in [2.05, 4.69) is 20.7 Å². The second kappa shape index (κ2) is 5.19. The summed E-state index contributed by atoms with van der Waals surface area (Å²) < 4.78 is 12.7.